The fourth-order valence-electron chi connectivity index (χ4n) is 3.30. The Morgan fingerprint density at radius 2 is 1.78 bits per heavy atom. The second kappa shape index (κ2) is 11.1. The first kappa shape index (κ1) is 22.4. The summed E-state index contributed by atoms with van der Waals surface area (Å²) in [7, 11) is 2.07. The smallest absolute Gasteiger partial charge is 0.224 e. The first-order valence-corrected chi connectivity index (χ1v) is 8.06. The molecule has 0 aromatic carbocycles. The van der Waals surface area contributed by atoms with Crippen LogP contribution in [0.2, 0.25) is 0 Å². The molecule has 23 heavy (non-hydrogen) atoms. The summed E-state index contributed by atoms with van der Waals surface area (Å²) in [6, 6.07) is 0. The van der Waals surface area contributed by atoms with E-state index in [1.165, 1.54) is 0 Å². The highest BCUT2D eigenvalue weighted by Crippen LogP contribution is 2.30. The number of hydrogen-bond donors (Lipinski definition) is 2. The molecule has 2 amide bonds. The zero-order valence-corrected chi connectivity index (χ0v) is 15.5. The van der Waals surface area contributed by atoms with Gasteiger partial charge in [-0.2, -0.15) is 0 Å². The van der Waals surface area contributed by atoms with E-state index < -0.39 is 0 Å². The number of carbonyl (C=O) groups is 2. The molecule has 0 unspecified atom stereocenters. The van der Waals surface area contributed by atoms with Crippen LogP contribution in [-0.2, 0) is 9.59 Å². The molecule has 136 valence electrons. The van der Waals surface area contributed by atoms with Crippen LogP contribution in [0.4, 0.5) is 0 Å². The van der Waals surface area contributed by atoms with Gasteiger partial charge in [-0.3, -0.25) is 9.59 Å². The molecule has 3 N–H and O–H groups in total. The maximum absolute atomic E-state index is 12.1. The van der Waals surface area contributed by atoms with Gasteiger partial charge in [0.2, 0.25) is 11.8 Å². The first-order chi connectivity index (χ1) is 10.1. The molecule has 1 saturated carbocycles. The Bertz CT molecular complexity index is 376. The van der Waals surface area contributed by atoms with Crippen molar-refractivity contribution >= 4 is 36.6 Å². The number of amides is 2. The fraction of sp³-hybridized carbons (Fsp3) is 0.867. The molecule has 0 spiro atoms. The average molecular weight is 369 g/mol. The van der Waals surface area contributed by atoms with Gasteiger partial charge < -0.3 is 20.9 Å². The van der Waals surface area contributed by atoms with E-state index in [0.29, 0.717) is 25.4 Å². The quantitative estimate of drug-likeness (QED) is 0.739. The Labute approximate surface area is 151 Å². The molecule has 0 aromatic heterocycles. The lowest BCUT2D eigenvalue weighted by Crippen LogP contribution is -2.47. The second-order valence-corrected chi connectivity index (χ2v) is 6.26. The summed E-state index contributed by atoms with van der Waals surface area (Å²) in [6.45, 7) is 4.47. The number of nitrogens with one attached hydrogen (secondary N) is 1. The number of nitrogens with zero attached hydrogens (tertiary/aromatic N) is 2. The zero-order chi connectivity index (χ0) is 15.2. The Morgan fingerprint density at radius 1 is 1.13 bits per heavy atom. The van der Waals surface area contributed by atoms with Crippen molar-refractivity contribution in [3.05, 3.63) is 0 Å². The van der Waals surface area contributed by atoms with Crippen LogP contribution in [0.25, 0.3) is 0 Å². The van der Waals surface area contributed by atoms with Crippen molar-refractivity contribution in [2.24, 2.45) is 17.6 Å². The third kappa shape index (κ3) is 6.45. The Morgan fingerprint density at radius 3 is 2.39 bits per heavy atom. The third-order valence-corrected chi connectivity index (χ3v) is 4.79. The van der Waals surface area contributed by atoms with Gasteiger partial charge in [-0.05, 0) is 32.4 Å². The van der Waals surface area contributed by atoms with Gasteiger partial charge in [0.25, 0.3) is 0 Å². The summed E-state index contributed by atoms with van der Waals surface area (Å²) in [5.74, 6) is 0.589. The molecule has 1 aliphatic carbocycles. The van der Waals surface area contributed by atoms with Gasteiger partial charge in [-0.25, -0.2) is 0 Å². The Kier molecular flexibility index (Phi) is 10.8. The molecule has 1 aliphatic heterocycles. The first-order valence-electron chi connectivity index (χ1n) is 8.06. The van der Waals surface area contributed by atoms with Gasteiger partial charge in [-0.1, -0.05) is 6.42 Å². The van der Waals surface area contributed by atoms with Gasteiger partial charge in [0.15, 0.2) is 0 Å². The number of rotatable bonds is 5. The average Bonchev–Trinajstić information content (AvgIpc) is 2.96. The lowest BCUT2D eigenvalue weighted by atomic mass is 9.95. The van der Waals surface area contributed by atoms with Crippen LogP contribution in [0.1, 0.15) is 25.7 Å². The zero-order valence-electron chi connectivity index (χ0n) is 13.8. The fourth-order valence-corrected chi connectivity index (χ4v) is 3.30. The van der Waals surface area contributed by atoms with E-state index in [9.17, 15) is 9.59 Å². The highest BCUT2D eigenvalue weighted by Gasteiger charge is 2.31. The van der Waals surface area contributed by atoms with E-state index in [0.717, 1.165) is 45.4 Å². The minimum absolute atomic E-state index is 0. The lowest BCUT2D eigenvalue weighted by Gasteiger charge is -2.32. The van der Waals surface area contributed by atoms with Gasteiger partial charge in [-0.15, -0.1) is 24.8 Å². The number of nitrogens with two attached hydrogens (primary N) is 1. The molecule has 8 heteroatoms. The molecule has 2 atom stereocenters. The van der Waals surface area contributed by atoms with E-state index in [-0.39, 0.29) is 42.5 Å². The molecule has 6 nitrogen and oxygen atoms in total. The van der Waals surface area contributed by atoms with Crippen molar-refractivity contribution in [3.8, 4) is 0 Å². The van der Waals surface area contributed by atoms with Gasteiger partial charge >= 0.3 is 0 Å². The standard InChI is InChI=1S/C15H28N4O2.2ClH/c1-18-7-9-19(10-8-18)14(20)5-6-17-15(21)13-4-2-3-12(13)11-16;;/h12-13H,2-11,16H2,1H3,(H,17,21);2*1H/t12-,13-;;/m1../s1. The van der Waals surface area contributed by atoms with Crippen LogP contribution >= 0.6 is 24.8 Å². The van der Waals surface area contributed by atoms with Crippen LogP contribution < -0.4 is 11.1 Å². The number of likely N-dealkylation sites (N-methyl/N-ethyl adjacent to an activating group) is 1. The van der Waals surface area contributed by atoms with E-state index in [4.69, 9.17) is 5.73 Å². The minimum Gasteiger partial charge on any atom is -0.355 e. The Balaban J connectivity index is 0.00000242. The summed E-state index contributed by atoms with van der Waals surface area (Å²) in [5.41, 5.74) is 5.70. The van der Waals surface area contributed by atoms with Crippen molar-refractivity contribution in [3.63, 3.8) is 0 Å². The summed E-state index contributed by atoms with van der Waals surface area (Å²) in [5, 5.41) is 2.92. The van der Waals surface area contributed by atoms with Gasteiger partial charge in [0.05, 0.1) is 0 Å². The predicted molar refractivity (Wildman–Crippen MR) is 96.1 cm³/mol. The van der Waals surface area contributed by atoms with E-state index in [1.807, 2.05) is 4.90 Å². The number of carbonyl (C=O) groups excluding carboxylic acids is 2. The van der Waals surface area contributed by atoms with Crippen LogP contribution in [-0.4, -0.2) is 67.9 Å². The van der Waals surface area contributed by atoms with E-state index in [2.05, 4.69) is 17.3 Å². The molecule has 0 aromatic rings. The molecular weight excluding hydrogens is 339 g/mol. The van der Waals surface area contributed by atoms with Crippen LogP contribution in [0.5, 0.6) is 0 Å². The molecule has 1 heterocycles. The monoisotopic (exact) mass is 368 g/mol. The topological polar surface area (TPSA) is 78.7 Å². The van der Waals surface area contributed by atoms with E-state index in [1.54, 1.807) is 0 Å². The van der Waals surface area contributed by atoms with Crippen molar-refractivity contribution in [2.75, 3.05) is 46.3 Å². The summed E-state index contributed by atoms with van der Waals surface area (Å²) >= 11 is 0. The number of piperazine rings is 1. The van der Waals surface area contributed by atoms with Gasteiger partial charge in [0.1, 0.15) is 0 Å². The second-order valence-electron chi connectivity index (χ2n) is 6.26. The summed E-state index contributed by atoms with van der Waals surface area (Å²) < 4.78 is 0. The third-order valence-electron chi connectivity index (χ3n) is 4.79. The minimum atomic E-state index is 0. The maximum Gasteiger partial charge on any atom is 0.224 e. The lowest BCUT2D eigenvalue weighted by molar-refractivity contribution is -0.132. The normalized spacial score (nSPS) is 24.5. The SMILES string of the molecule is CN1CCN(C(=O)CCNC(=O)[C@@H]2CCC[C@@H]2CN)CC1.Cl.Cl. The van der Waals surface area contributed by atoms with Crippen LogP contribution in [0.15, 0.2) is 0 Å². The highest BCUT2D eigenvalue weighted by molar-refractivity contribution is 5.85. The summed E-state index contributed by atoms with van der Waals surface area (Å²) in [6.07, 6.45) is 3.46. The Hall–Kier alpha value is -0.560. The number of hydrogen-bond acceptors (Lipinski definition) is 4. The van der Waals surface area contributed by atoms with Crippen molar-refractivity contribution in [2.45, 2.75) is 25.7 Å². The van der Waals surface area contributed by atoms with E-state index >= 15 is 0 Å². The molecule has 0 radical (unpaired) electrons. The van der Waals surface area contributed by atoms with Gasteiger partial charge in [0, 0.05) is 45.1 Å². The molecule has 0 bridgehead atoms. The van der Waals surface area contributed by atoms with Crippen LogP contribution in [0, 0.1) is 11.8 Å². The molecule has 1 saturated heterocycles. The van der Waals surface area contributed by atoms with Crippen molar-refractivity contribution in [1.29, 1.82) is 0 Å². The van der Waals surface area contributed by atoms with Crippen molar-refractivity contribution < 1.29 is 9.59 Å². The van der Waals surface area contributed by atoms with Crippen LogP contribution in [0.3, 0.4) is 0 Å². The molecule has 2 rings (SSSR count). The molecular formula is C15H30Cl2N4O2. The highest BCUT2D eigenvalue weighted by atomic mass is 35.5. The predicted octanol–water partition coefficient (Wildman–Crippen LogP) is 0.485. The molecule has 2 fully saturated rings. The molecule has 2 aliphatic rings. The number of halogens is 2. The van der Waals surface area contributed by atoms with Crippen molar-refractivity contribution in [1.82, 2.24) is 15.1 Å². The maximum atomic E-state index is 12.1. The summed E-state index contributed by atoms with van der Waals surface area (Å²) in [4.78, 5) is 28.3. The largest absolute Gasteiger partial charge is 0.355 e.